The average molecular weight is 354 g/mol. The minimum Gasteiger partial charge on any atom is -0.474 e. The van der Waals surface area contributed by atoms with Crippen molar-refractivity contribution in [1.29, 1.82) is 0 Å². The number of anilines is 3. The highest BCUT2D eigenvalue weighted by Gasteiger charge is 2.45. The summed E-state index contributed by atoms with van der Waals surface area (Å²) in [5, 5.41) is 2.83. The number of aryl methyl sites for hydroxylation is 1. The lowest BCUT2D eigenvalue weighted by Crippen LogP contribution is -2.58. The molecule has 3 N–H and O–H groups in total. The van der Waals surface area contributed by atoms with Crippen LogP contribution in [0.1, 0.15) is 26.3 Å². The molecule has 7 nitrogen and oxygen atoms in total. The fraction of sp³-hybridized carbons (Fsp3) is 0.316. The average Bonchev–Trinajstić information content (AvgIpc) is 2.58. The predicted molar refractivity (Wildman–Crippen MR) is 100 cm³/mol. The van der Waals surface area contributed by atoms with E-state index >= 15 is 0 Å². The number of amides is 2. The monoisotopic (exact) mass is 354 g/mol. The Morgan fingerprint density at radius 1 is 1.23 bits per heavy atom. The Kier molecular flexibility index (Phi) is 4.31. The second kappa shape index (κ2) is 6.33. The normalized spacial score (nSPS) is 16.5. The number of aromatic nitrogens is 1. The van der Waals surface area contributed by atoms with Crippen LogP contribution in [0.5, 0.6) is 5.75 Å². The maximum absolute atomic E-state index is 12.9. The number of nitrogens with zero attached hydrogens (tertiary/aromatic N) is 2. The maximum Gasteiger partial charge on any atom is 0.272 e. The van der Waals surface area contributed by atoms with Gasteiger partial charge >= 0.3 is 0 Å². The SMILES string of the molecule is Cc1ccc(NC(=O)C(C)N2C(=O)C(C)(C)Oc3ccc(N)nc32)cc1. The number of fused-ring (bicyclic) bond motifs is 1. The van der Waals surface area contributed by atoms with Crippen LogP contribution in [0, 0.1) is 6.92 Å². The number of nitrogen functional groups attached to an aromatic ring is 1. The van der Waals surface area contributed by atoms with Gasteiger partial charge in [0.15, 0.2) is 17.2 Å². The molecule has 0 radical (unpaired) electrons. The lowest BCUT2D eigenvalue weighted by molar-refractivity contribution is -0.134. The summed E-state index contributed by atoms with van der Waals surface area (Å²) in [6.07, 6.45) is 0. The molecular formula is C19H22N4O3. The summed E-state index contributed by atoms with van der Waals surface area (Å²) in [6, 6.07) is 9.90. The Bertz CT molecular complexity index is 862. The molecule has 1 aromatic heterocycles. The zero-order valence-electron chi connectivity index (χ0n) is 15.2. The highest BCUT2D eigenvalue weighted by Crippen LogP contribution is 2.38. The molecule has 2 aromatic rings. The van der Waals surface area contributed by atoms with Gasteiger partial charge in [0.2, 0.25) is 5.91 Å². The summed E-state index contributed by atoms with van der Waals surface area (Å²) in [5.41, 5.74) is 6.41. The Labute approximate surface area is 152 Å². The number of carbonyl (C=O) groups excluding carboxylic acids is 2. The van der Waals surface area contributed by atoms with Crippen molar-refractivity contribution < 1.29 is 14.3 Å². The second-order valence-corrected chi connectivity index (χ2v) is 6.88. The van der Waals surface area contributed by atoms with E-state index in [0.717, 1.165) is 5.56 Å². The number of hydrogen-bond acceptors (Lipinski definition) is 5. The Morgan fingerprint density at radius 2 is 1.88 bits per heavy atom. The Balaban J connectivity index is 1.93. The number of pyridine rings is 1. The summed E-state index contributed by atoms with van der Waals surface area (Å²) in [5.74, 6) is 0.236. The molecule has 7 heteroatoms. The molecule has 136 valence electrons. The van der Waals surface area contributed by atoms with E-state index in [-0.39, 0.29) is 23.5 Å². The van der Waals surface area contributed by atoms with Crippen LogP contribution in [-0.2, 0) is 9.59 Å². The quantitative estimate of drug-likeness (QED) is 0.882. The van der Waals surface area contributed by atoms with Crippen LogP contribution >= 0.6 is 0 Å². The van der Waals surface area contributed by atoms with Crippen molar-refractivity contribution in [3.63, 3.8) is 0 Å². The highest BCUT2D eigenvalue weighted by molar-refractivity contribution is 6.08. The molecule has 0 fully saturated rings. The van der Waals surface area contributed by atoms with E-state index in [2.05, 4.69) is 10.3 Å². The van der Waals surface area contributed by atoms with Crippen LogP contribution in [0.25, 0.3) is 0 Å². The zero-order valence-corrected chi connectivity index (χ0v) is 15.2. The molecule has 1 aliphatic rings. The Morgan fingerprint density at radius 3 is 2.54 bits per heavy atom. The van der Waals surface area contributed by atoms with Gasteiger partial charge in [-0.15, -0.1) is 0 Å². The number of benzene rings is 1. The first-order chi connectivity index (χ1) is 12.2. The predicted octanol–water partition coefficient (Wildman–Crippen LogP) is 2.50. The van der Waals surface area contributed by atoms with Gasteiger partial charge in [0.1, 0.15) is 11.9 Å². The fourth-order valence-electron chi connectivity index (χ4n) is 2.77. The fourth-order valence-corrected chi connectivity index (χ4v) is 2.77. The molecule has 0 bridgehead atoms. The molecule has 26 heavy (non-hydrogen) atoms. The third-order valence-corrected chi connectivity index (χ3v) is 4.27. The molecule has 3 rings (SSSR count). The first kappa shape index (κ1) is 17.7. The molecule has 2 heterocycles. The second-order valence-electron chi connectivity index (χ2n) is 6.88. The van der Waals surface area contributed by atoms with Crippen molar-refractivity contribution in [2.24, 2.45) is 0 Å². The number of rotatable bonds is 3. The van der Waals surface area contributed by atoms with Gasteiger partial charge in [-0.1, -0.05) is 17.7 Å². The number of nitrogens with two attached hydrogens (primary N) is 1. The molecule has 1 aliphatic heterocycles. The Hall–Kier alpha value is -3.09. The van der Waals surface area contributed by atoms with Gasteiger partial charge in [0, 0.05) is 5.69 Å². The minimum absolute atomic E-state index is 0.246. The van der Waals surface area contributed by atoms with Crippen LogP contribution in [-0.4, -0.2) is 28.4 Å². The van der Waals surface area contributed by atoms with E-state index in [0.29, 0.717) is 11.4 Å². The largest absolute Gasteiger partial charge is 0.474 e. The van der Waals surface area contributed by atoms with Crippen molar-refractivity contribution in [2.75, 3.05) is 16.0 Å². The molecule has 0 saturated carbocycles. The van der Waals surface area contributed by atoms with E-state index in [1.165, 1.54) is 4.90 Å². The lowest BCUT2D eigenvalue weighted by Gasteiger charge is -2.40. The molecule has 2 amide bonds. The van der Waals surface area contributed by atoms with Crippen LogP contribution in [0.15, 0.2) is 36.4 Å². The molecule has 1 atom stereocenters. The van der Waals surface area contributed by atoms with Gasteiger partial charge in [-0.3, -0.25) is 14.5 Å². The van der Waals surface area contributed by atoms with Crippen molar-refractivity contribution in [1.82, 2.24) is 4.98 Å². The molecule has 0 saturated heterocycles. The lowest BCUT2D eigenvalue weighted by atomic mass is 10.0. The number of nitrogens with one attached hydrogen (secondary N) is 1. The maximum atomic E-state index is 12.9. The molecule has 1 unspecified atom stereocenters. The van der Waals surface area contributed by atoms with E-state index < -0.39 is 11.6 Å². The summed E-state index contributed by atoms with van der Waals surface area (Å²) < 4.78 is 5.74. The molecule has 1 aromatic carbocycles. The first-order valence-corrected chi connectivity index (χ1v) is 8.36. The van der Waals surface area contributed by atoms with Gasteiger partial charge in [-0.2, -0.15) is 0 Å². The highest BCUT2D eigenvalue weighted by atomic mass is 16.5. The van der Waals surface area contributed by atoms with Gasteiger partial charge in [-0.25, -0.2) is 4.98 Å². The minimum atomic E-state index is -1.11. The van der Waals surface area contributed by atoms with Crippen LogP contribution in [0.2, 0.25) is 0 Å². The number of hydrogen-bond donors (Lipinski definition) is 2. The smallest absolute Gasteiger partial charge is 0.272 e. The van der Waals surface area contributed by atoms with Crippen LogP contribution in [0.4, 0.5) is 17.3 Å². The van der Waals surface area contributed by atoms with Gasteiger partial charge in [0.05, 0.1) is 0 Å². The van der Waals surface area contributed by atoms with Crippen LogP contribution in [0.3, 0.4) is 0 Å². The molecule has 0 spiro atoms. The van der Waals surface area contributed by atoms with Crippen molar-refractivity contribution >= 4 is 29.1 Å². The van der Waals surface area contributed by atoms with E-state index in [4.69, 9.17) is 10.5 Å². The zero-order chi connectivity index (χ0) is 19.1. The van der Waals surface area contributed by atoms with Crippen molar-refractivity contribution in [3.8, 4) is 5.75 Å². The summed E-state index contributed by atoms with van der Waals surface area (Å²) in [7, 11) is 0. The van der Waals surface area contributed by atoms with Gasteiger partial charge in [-0.05, 0) is 52.0 Å². The number of carbonyl (C=O) groups is 2. The summed E-state index contributed by atoms with van der Waals surface area (Å²) in [4.78, 5) is 31.2. The van der Waals surface area contributed by atoms with Crippen LogP contribution < -0.4 is 20.7 Å². The van der Waals surface area contributed by atoms with Gasteiger partial charge in [0.25, 0.3) is 5.91 Å². The van der Waals surface area contributed by atoms with E-state index in [1.807, 2.05) is 31.2 Å². The molecular weight excluding hydrogens is 332 g/mol. The third-order valence-electron chi connectivity index (χ3n) is 4.27. The van der Waals surface area contributed by atoms with E-state index in [9.17, 15) is 9.59 Å². The van der Waals surface area contributed by atoms with Crippen molar-refractivity contribution in [3.05, 3.63) is 42.0 Å². The standard InChI is InChI=1S/C19H22N4O3/c1-11-5-7-13(8-6-11)21-17(24)12(2)23-16-14(9-10-15(20)22-16)26-19(3,4)18(23)25/h5-10,12H,1-4H3,(H2,20,22)(H,21,24). The topological polar surface area (TPSA) is 97.5 Å². The number of ether oxygens (including phenoxy) is 1. The van der Waals surface area contributed by atoms with E-state index in [1.54, 1.807) is 32.9 Å². The summed E-state index contributed by atoms with van der Waals surface area (Å²) in [6.45, 7) is 6.94. The molecule has 0 aliphatic carbocycles. The first-order valence-electron chi connectivity index (χ1n) is 8.36. The summed E-state index contributed by atoms with van der Waals surface area (Å²) >= 11 is 0. The third kappa shape index (κ3) is 3.20. The van der Waals surface area contributed by atoms with Crippen molar-refractivity contribution in [2.45, 2.75) is 39.3 Å². The van der Waals surface area contributed by atoms with Gasteiger partial charge < -0.3 is 15.8 Å².